The van der Waals surface area contributed by atoms with E-state index in [1.165, 1.54) is 63.4 Å². The molecular weight excluding hydrogens is 731 g/mol. The van der Waals surface area contributed by atoms with Gasteiger partial charge in [-0.25, -0.2) is 8.78 Å². The molecule has 2 atom stereocenters. The highest BCUT2D eigenvalue weighted by atomic mass is 32.1. The lowest BCUT2D eigenvalue weighted by molar-refractivity contribution is 0.184. The second kappa shape index (κ2) is 12.3. The maximum absolute atomic E-state index is 18.9. The number of fused-ring (bicyclic) bond motifs is 14. The lowest BCUT2D eigenvalue weighted by Crippen LogP contribution is -2.28. The molecule has 0 fully saturated rings. The number of thiophene rings is 2. The summed E-state index contributed by atoms with van der Waals surface area (Å²) in [7, 11) is 0. The van der Waals surface area contributed by atoms with E-state index in [-0.39, 0.29) is 11.7 Å². The number of benzene rings is 7. The zero-order chi connectivity index (χ0) is 37.9. The predicted molar refractivity (Wildman–Crippen MR) is 238 cm³/mol. The molecule has 0 aliphatic heterocycles. The number of halogens is 2. The van der Waals surface area contributed by atoms with Crippen LogP contribution in [0.3, 0.4) is 0 Å². The fourth-order valence-electron chi connectivity index (χ4n) is 9.51. The van der Waals surface area contributed by atoms with Gasteiger partial charge >= 0.3 is 0 Å². The van der Waals surface area contributed by atoms with Gasteiger partial charge in [0.2, 0.25) is 5.79 Å². The molecule has 4 aromatic heterocycles. The SMILES string of the molecule is C/C(=C(\c1ccc(F)cc1)C(C)(F)n1c2ccccc2c2c3c(ccc21)sc1ccccc13)[C@H](C)Cn1c2ccccc2c2c3c(ccc21)sc1ccccc13. The van der Waals surface area contributed by atoms with Crippen molar-refractivity contribution in [1.82, 2.24) is 9.13 Å². The minimum atomic E-state index is -2.01. The Morgan fingerprint density at radius 3 is 1.68 bits per heavy atom. The summed E-state index contributed by atoms with van der Waals surface area (Å²) in [6.07, 6.45) is 0. The van der Waals surface area contributed by atoms with Crippen LogP contribution in [0.4, 0.5) is 8.78 Å². The standard InChI is InChI=1S/C50H36F2N2S2/c1-29(28-53-37-16-8-4-12-33(37)45-39(53)24-26-43-47(45)35-14-6-10-18-41(35)55-43)30(2)49(31-20-22-32(51)23-21-31)50(3,52)54-38-17-9-5-13-34(38)46-40(54)25-27-44-48(46)36-15-7-11-19-42(36)56-44/h4-27,29H,28H2,1-3H3/b49-30-/t29-,50?/m1/s1. The van der Waals surface area contributed by atoms with E-state index in [0.29, 0.717) is 17.7 Å². The zero-order valence-corrected chi connectivity index (χ0v) is 32.7. The van der Waals surface area contributed by atoms with Gasteiger partial charge < -0.3 is 9.13 Å². The van der Waals surface area contributed by atoms with Gasteiger partial charge in [0.1, 0.15) is 5.82 Å². The van der Waals surface area contributed by atoms with E-state index in [1.807, 2.05) is 34.1 Å². The molecule has 0 aliphatic rings. The molecule has 0 N–H and O–H groups in total. The average molecular weight is 767 g/mol. The second-order valence-corrected chi connectivity index (χ2v) is 17.4. The highest BCUT2D eigenvalue weighted by Gasteiger charge is 2.37. The van der Waals surface area contributed by atoms with Crippen LogP contribution in [0, 0.1) is 11.7 Å². The molecule has 0 bridgehead atoms. The van der Waals surface area contributed by atoms with E-state index in [1.54, 1.807) is 30.4 Å². The molecule has 0 spiro atoms. The van der Waals surface area contributed by atoms with Crippen molar-refractivity contribution in [3.05, 3.63) is 163 Å². The Labute approximate surface area is 330 Å². The Hall–Kier alpha value is -5.82. The molecule has 4 heterocycles. The first-order chi connectivity index (χ1) is 27.3. The number of rotatable bonds is 6. The molecular formula is C50H36F2N2S2. The summed E-state index contributed by atoms with van der Waals surface area (Å²) < 4.78 is 42.7. The maximum atomic E-state index is 18.9. The molecule has 0 aliphatic carbocycles. The topological polar surface area (TPSA) is 9.86 Å². The lowest BCUT2D eigenvalue weighted by Gasteiger charge is -2.32. The monoisotopic (exact) mass is 766 g/mol. The Morgan fingerprint density at radius 2 is 1.05 bits per heavy atom. The summed E-state index contributed by atoms with van der Waals surface area (Å²) in [6, 6.07) is 49.1. The molecule has 0 radical (unpaired) electrons. The van der Waals surface area contributed by atoms with Crippen LogP contribution in [0.25, 0.3) is 89.5 Å². The fraction of sp³-hybridized carbons (Fsp3) is 0.120. The molecule has 6 heteroatoms. The molecule has 11 rings (SSSR count). The number of hydrogen-bond acceptors (Lipinski definition) is 2. The maximum Gasteiger partial charge on any atom is 0.210 e. The largest absolute Gasteiger partial charge is 0.340 e. The van der Waals surface area contributed by atoms with Gasteiger partial charge in [-0.2, -0.15) is 0 Å². The van der Waals surface area contributed by atoms with Crippen molar-refractivity contribution in [2.45, 2.75) is 33.1 Å². The highest BCUT2D eigenvalue weighted by molar-refractivity contribution is 7.26. The van der Waals surface area contributed by atoms with Crippen LogP contribution in [0.2, 0.25) is 0 Å². The summed E-state index contributed by atoms with van der Waals surface area (Å²) in [4.78, 5) is 0. The van der Waals surface area contributed by atoms with Gasteiger partial charge in [0.15, 0.2) is 0 Å². The second-order valence-electron chi connectivity index (χ2n) is 15.3. The first-order valence-electron chi connectivity index (χ1n) is 19.1. The van der Waals surface area contributed by atoms with Crippen LogP contribution >= 0.6 is 22.7 Å². The van der Waals surface area contributed by atoms with Crippen LogP contribution in [-0.4, -0.2) is 9.13 Å². The Morgan fingerprint density at radius 1 is 0.554 bits per heavy atom. The van der Waals surface area contributed by atoms with Crippen LogP contribution < -0.4 is 0 Å². The van der Waals surface area contributed by atoms with Crippen molar-refractivity contribution in [2.24, 2.45) is 5.92 Å². The first kappa shape index (κ1) is 33.5. The molecule has 1 unspecified atom stereocenters. The number of aromatic nitrogens is 2. The first-order valence-corrected chi connectivity index (χ1v) is 20.7. The summed E-state index contributed by atoms with van der Waals surface area (Å²) >= 11 is 3.60. The van der Waals surface area contributed by atoms with E-state index in [9.17, 15) is 4.39 Å². The summed E-state index contributed by atoms with van der Waals surface area (Å²) in [5, 5.41) is 9.46. The van der Waals surface area contributed by atoms with Crippen molar-refractivity contribution in [3.8, 4) is 0 Å². The number of alkyl halides is 1. The normalized spacial score (nSPS) is 14.6. The number of hydrogen-bond donors (Lipinski definition) is 0. The summed E-state index contributed by atoms with van der Waals surface area (Å²) in [5.41, 5.74) is 6.12. The van der Waals surface area contributed by atoms with Gasteiger partial charge in [-0.1, -0.05) is 97.4 Å². The fourth-order valence-corrected chi connectivity index (χ4v) is 11.7. The van der Waals surface area contributed by atoms with Gasteiger partial charge in [0.05, 0.1) is 11.0 Å². The molecule has 0 saturated heterocycles. The Bertz CT molecular complexity index is 3410. The molecule has 56 heavy (non-hydrogen) atoms. The summed E-state index contributed by atoms with van der Waals surface area (Å²) in [5.74, 6) is -2.44. The zero-order valence-electron chi connectivity index (χ0n) is 31.1. The van der Waals surface area contributed by atoms with Gasteiger partial charge in [-0.05, 0) is 86.0 Å². The van der Waals surface area contributed by atoms with Crippen LogP contribution in [0.5, 0.6) is 0 Å². The van der Waals surface area contributed by atoms with Crippen molar-refractivity contribution >= 4 is 112 Å². The third kappa shape index (κ3) is 4.76. The molecule has 0 saturated carbocycles. The van der Waals surface area contributed by atoms with Gasteiger partial charge in [0.25, 0.3) is 0 Å². The summed E-state index contributed by atoms with van der Waals surface area (Å²) in [6.45, 7) is 6.58. The van der Waals surface area contributed by atoms with E-state index < -0.39 is 5.79 Å². The van der Waals surface area contributed by atoms with Crippen LogP contribution in [0.1, 0.15) is 26.3 Å². The smallest absolute Gasteiger partial charge is 0.210 e. The predicted octanol–water partition coefficient (Wildman–Crippen LogP) is 15.2. The molecule has 2 nitrogen and oxygen atoms in total. The molecule has 11 aromatic rings. The van der Waals surface area contributed by atoms with E-state index in [0.717, 1.165) is 38.3 Å². The number of para-hydroxylation sites is 2. The van der Waals surface area contributed by atoms with E-state index >= 15 is 4.39 Å². The minimum Gasteiger partial charge on any atom is -0.340 e. The van der Waals surface area contributed by atoms with Gasteiger partial charge in [-0.15, -0.1) is 22.7 Å². The third-order valence-electron chi connectivity index (χ3n) is 12.1. The molecule has 0 amide bonds. The van der Waals surface area contributed by atoms with Crippen LogP contribution in [-0.2, 0) is 12.3 Å². The molecule has 272 valence electrons. The van der Waals surface area contributed by atoms with Crippen molar-refractivity contribution in [2.75, 3.05) is 0 Å². The van der Waals surface area contributed by atoms with E-state index in [2.05, 4.69) is 122 Å². The molecule has 7 aromatic carbocycles. The lowest BCUT2D eigenvalue weighted by atomic mass is 9.86. The minimum absolute atomic E-state index is 0.0836. The van der Waals surface area contributed by atoms with Crippen LogP contribution in [0.15, 0.2) is 151 Å². The van der Waals surface area contributed by atoms with Gasteiger partial charge in [0, 0.05) is 85.0 Å². The van der Waals surface area contributed by atoms with Crippen molar-refractivity contribution in [3.63, 3.8) is 0 Å². The number of allylic oxidation sites excluding steroid dienone is 2. The average Bonchev–Trinajstić information content (AvgIpc) is 3.96. The van der Waals surface area contributed by atoms with Gasteiger partial charge in [-0.3, -0.25) is 0 Å². The third-order valence-corrected chi connectivity index (χ3v) is 14.3. The van der Waals surface area contributed by atoms with E-state index in [4.69, 9.17) is 0 Å². The Balaban J connectivity index is 1.14. The number of nitrogens with zero attached hydrogens (tertiary/aromatic N) is 2. The van der Waals surface area contributed by atoms with Crippen molar-refractivity contribution in [1.29, 1.82) is 0 Å². The van der Waals surface area contributed by atoms with Crippen molar-refractivity contribution < 1.29 is 8.78 Å². The Kier molecular flexibility index (Phi) is 7.39. The highest BCUT2D eigenvalue weighted by Crippen LogP contribution is 2.49. The quantitative estimate of drug-likeness (QED) is 0.160.